The van der Waals surface area contributed by atoms with Crippen molar-refractivity contribution in [1.82, 2.24) is 14.5 Å². The molecule has 0 atom stereocenters. The lowest BCUT2D eigenvalue weighted by Crippen LogP contribution is -2.11. The Morgan fingerprint density at radius 1 is 1.13 bits per heavy atom. The van der Waals surface area contributed by atoms with E-state index in [0.29, 0.717) is 23.1 Å². The zero-order valence-corrected chi connectivity index (χ0v) is 17.9. The van der Waals surface area contributed by atoms with Gasteiger partial charge in [-0.1, -0.05) is 12.1 Å². The summed E-state index contributed by atoms with van der Waals surface area (Å²) in [6, 6.07) is 13.3. The summed E-state index contributed by atoms with van der Waals surface area (Å²) in [6.45, 7) is 4.54. The van der Waals surface area contributed by atoms with Gasteiger partial charge in [-0.15, -0.1) is 11.3 Å². The molecule has 0 aliphatic heterocycles. The van der Waals surface area contributed by atoms with Crippen LogP contribution in [0.25, 0.3) is 11.3 Å². The molecule has 0 spiro atoms. The number of amides is 1. The van der Waals surface area contributed by atoms with E-state index < -0.39 is 0 Å². The molecule has 0 aliphatic rings. The van der Waals surface area contributed by atoms with E-state index in [-0.39, 0.29) is 5.91 Å². The fourth-order valence-electron chi connectivity index (χ4n) is 2.92. The monoisotopic (exact) mass is 418 g/mol. The number of ether oxygens (including phenoxy) is 1. The number of aryl methyl sites for hydroxylation is 3. The molecule has 0 saturated carbocycles. The summed E-state index contributed by atoms with van der Waals surface area (Å²) in [5.74, 6) is 1.31. The second-order valence-electron chi connectivity index (χ2n) is 7.06. The van der Waals surface area contributed by atoms with Gasteiger partial charge in [0.15, 0.2) is 5.13 Å². The third-order valence-corrected chi connectivity index (χ3v) is 5.69. The molecule has 2 aromatic heterocycles. The highest BCUT2D eigenvalue weighted by Gasteiger charge is 2.11. The minimum Gasteiger partial charge on any atom is -0.486 e. The number of carbonyl (C=O) groups excluding carboxylic acids is 1. The van der Waals surface area contributed by atoms with Crippen molar-refractivity contribution in [3.05, 3.63) is 82.8 Å². The fraction of sp³-hybridized carbons (Fsp3) is 0.174. The Hall–Kier alpha value is -3.45. The minimum atomic E-state index is -0.202. The molecule has 0 aliphatic carbocycles. The highest BCUT2D eigenvalue weighted by Crippen LogP contribution is 2.27. The zero-order valence-electron chi connectivity index (χ0n) is 17.0. The van der Waals surface area contributed by atoms with Crippen LogP contribution in [-0.2, 0) is 13.7 Å². The maximum absolute atomic E-state index is 12.6. The molecule has 0 unspecified atom stereocenters. The van der Waals surface area contributed by atoms with Gasteiger partial charge in [-0.3, -0.25) is 10.1 Å². The summed E-state index contributed by atoms with van der Waals surface area (Å²) in [4.78, 5) is 21.3. The molecule has 7 heteroatoms. The van der Waals surface area contributed by atoms with E-state index in [1.807, 2.05) is 29.3 Å². The van der Waals surface area contributed by atoms with Gasteiger partial charge in [0.25, 0.3) is 5.91 Å². The summed E-state index contributed by atoms with van der Waals surface area (Å²) < 4.78 is 7.63. The van der Waals surface area contributed by atoms with Crippen LogP contribution in [0.5, 0.6) is 5.75 Å². The van der Waals surface area contributed by atoms with Crippen LogP contribution >= 0.6 is 11.3 Å². The summed E-state index contributed by atoms with van der Waals surface area (Å²) in [7, 11) is 1.92. The number of hydrogen-bond donors (Lipinski definition) is 1. The Balaban J connectivity index is 1.38. The largest absolute Gasteiger partial charge is 0.486 e. The van der Waals surface area contributed by atoms with Crippen LogP contribution in [0.1, 0.15) is 27.3 Å². The maximum Gasteiger partial charge on any atom is 0.257 e. The molecule has 0 bridgehead atoms. The molecular weight excluding hydrogens is 396 g/mol. The van der Waals surface area contributed by atoms with Crippen LogP contribution in [0.4, 0.5) is 5.13 Å². The molecule has 1 amide bonds. The standard InChI is InChI=1S/C23H22N4O2S/c1-15-4-5-18(12-16(15)2)20-14-30-23(25-20)26-22(28)17-6-8-19(9-7-17)29-13-21-24-10-11-27(21)3/h4-12,14H,13H2,1-3H3,(H,25,26,28). The van der Waals surface area contributed by atoms with Crippen molar-refractivity contribution in [3.63, 3.8) is 0 Å². The first-order chi connectivity index (χ1) is 14.5. The van der Waals surface area contributed by atoms with E-state index in [1.165, 1.54) is 22.5 Å². The van der Waals surface area contributed by atoms with Gasteiger partial charge in [0.05, 0.1) is 5.69 Å². The first-order valence-electron chi connectivity index (χ1n) is 9.53. The molecule has 4 rings (SSSR count). The number of rotatable bonds is 6. The number of benzene rings is 2. The van der Waals surface area contributed by atoms with Crippen molar-refractivity contribution in [2.24, 2.45) is 7.05 Å². The highest BCUT2D eigenvalue weighted by molar-refractivity contribution is 7.14. The number of imidazole rings is 1. The van der Waals surface area contributed by atoms with Gasteiger partial charge in [-0.2, -0.15) is 0 Å². The molecule has 1 N–H and O–H groups in total. The Kier molecular flexibility index (Phi) is 5.63. The van der Waals surface area contributed by atoms with Crippen LogP contribution in [0, 0.1) is 13.8 Å². The molecular formula is C23H22N4O2S. The third-order valence-electron chi connectivity index (χ3n) is 4.93. The highest BCUT2D eigenvalue weighted by atomic mass is 32.1. The lowest BCUT2D eigenvalue weighted by molar-refractivity contribution is 0.102. The quantitative estimate of drug-likeness (QED) is 0.479. The van der Waals surface area contributed by atoms with Gasteiger partial charge in [-0.05, 0) is 55.3 Å². The van der Waals surface area contributed by atoms with Gasteiger partial charge in [0.2, 0.25) is 0 Å². The third kappa shape index (κ3) is 4.41. The number of aromatic nitrogens is 3. The van der Waals surface area contributed by atoms with Crippen molar-refractivity contribution in [1.29, 1.82) is 0 Å². The summed E-state index contributed by atoms with van der Waals surface area (Å²) in [6.07, 6.45) is 3.60. The lowest BCUT2D eigenvalue weighted by atomic mass is 10.1. The predicted molar refractivity (Wildman–Crippen MR) is 119 cm³/mol. The van der Waals surface area contributed by atoms with Gasteiger partial charge in [0, 0.05) is 35.9 Å². The smallest absolute Gasteiger partial charge is 0.257 e. The molecule has 0 radical (unpaired) electrons. The van der Waals surface area contributed by atoms with Crippen LogP contribution in [0.15, 0.2) is 60.2 Å². The first kappa shape index (κ1) is 19.8. The number of nitrogens with one attached hydrogen (secondary N) is 1. The summed E-state index contributed by atoms with van der Waals surface area (Å²) in [5.41, 5.74) is 4.91. The van der Waals surface area contributed by atoms with E-state index in [4.69, 9.17) is 4.74 Å². The Labute approximate surface area is 179 Å². The average molecular weight is 419 g/mol. The molecule has 6 nitrogen and oxygen atoms in total. The Bertz CT molecular complexity index is 1180. The van der Waals surface area contributed by atoms with E-state index in [1.54, 1.807) is 30.5 Å². The normalized spacial score (nSPS) is 10.8. The Morgan fingerprint density at radius 2 is 1.93 bits per heavy atom. The van der Waals surface area contributed by atoms with Crippen LogP contribution in [0.3, 0.4) is 0 Å². The molecule has 152 valence electrons. The molecule has 2 heterocycles. The van der Waals surface area contributed by atoms with Crippen molar-refractivity contribution in [3.8, 4) is 17.0 Å². The number of nitrogens with zero attached hydrogens (tertiary/aromatic N) is 3. The molecule has 0 saturated heterocycles. The minimum absolute atomic E-state index is 0.202. The van der Waals surface area contributed by atoms with Crippen LogP contribution in [0.2, 0.25) is 0 Å². The topological polar surface area (TPSA) is 69.0 Å². The summed E-state index contributed by atoms with van der Waals surface area (Å²) in [5, 5.41) is 5.40. The number of carbonyl (C=O) groups is 1. The SMILES string of the molecule is Cc1ccc(-c2csc(NC(=O)c3ccc(OCc4nccn4C)cc3)n2)cc1C. The van der Waals surface area contributed by atoms with Gasteiger partial charge in [0.1, 0.15) is 18.2 Å². The fourth-order valence-corrected chi connectivity index (χ4v) is 3.63. The Morgan fingerprint density at radius 3 is 2.63 bits per heavy atom. The van der Waals surface area contributed by atoms with Crippen molar-refractivity contribution in [2.75, 3.05) is 5.32 Å². The van der Waals surface area contributed by atoms with E-state index in [2.05, 4.69) is 41.3 Å². The lowest BCUT2D eigenvalue weighted by Gasteiger charge is -2.07. The van der Waals surface area contributed by atoms with E-state index in [0.717, 1.165) is 17.1 Å². The van der Waals surface area contributed by atoms with Gasteiger partial charge < -0.3 is 9.30 Å². The number of hydrogen-bond acceptors (Lipinski definition) is 5. The van der Waals surface area contributed by atoms with Gasteiger partial charge >= 0.3 is 0 Å². The molecule has 2 aromatic carbocycles. The number of anilines is 1. The molecule has 0 fully saturated rings. The second-order valence-corrected chi connectivity index (χ2v) is 7.92. The molecule has 4 aromatic rings. The van der Waals surface area contributed by atoms with Crippen LogP contribution < -0.4 is 10.1 Å². The van der Waals surface area contributed by atoms with Crippen molar-refractivity contribution in [2.45, 2.75) is 20.5 Å². The number of thiazole rings is 1. The van der Waals surface area contributed by atoms with Crippen LogP contribution in [-0.4, -0.2) is 20.4 Å². The van der Waals surface area contributed by atoms with Gasteiger partial charge in [-0.25, -0.2) is 9.97 Å². The van der Waals surface area contributed by atoms with Crippen molar-refractivity contribution < 1.29 is 9.53 Å². The molecule has 30 heavy (non-hydrogen) atoms. The first-order valence-corrected chi connectivity index (χ1v) is 10.4. The van der Waals surface area contributed by atoms with E-state index in [9.17, 15) is 4.79 Å². The average Bonchev–Trinajstić information content (AvgIpc) is 3.38. The predicted octanol–water partition coefficient (Wildman–Crippen LogP) is 4.99. The zero-order chi connectivity index (χ0) is 21.1. The summed E-state index contributed by atoms with van der Waals surface area (Å²) >= 11 is 1.41. The second kappa shape index (κ2) is 8.51. The van der Waals surface area contributed by atoms with Crippen molar-refractivity contribution >= 4 is 22.4 Å². The maximum atomic E-state index is 12.6. The van der Waals surface area contributed by atoms with E-state index >= 15 is 0 Å².